The number of aryl methyl sites for hydroxylation is 1. The Kier molecular flexibility index (Phi) is 7.91. The van der Waals surface area contributed by atoms with E-state index in [-0.39, 0.29) is 16.9 Å². The first kappa shape index (κ1) is 32.4. The normalized spacial score (nSPS) is 21.9. The fraction of sp³-hybridized carbons (Fsp3) is 0.447. The van der Waals surface area contributed by atoms with Crippen LogP contribution in [0.1, 0.15) is 59.8 Å². The maximum absolute atomic E-state index is 13.8. The van der Waals surface area contributed by atoms with Crippen LogP contribution >= 0.6 is 0 Å². The number of nitrogens with zero attached hydrogens (tertiary/aromatic N) is 7. The second-order valence-electron chi connectivity index (χ2n) is 15.2. The minimum Gasteiger partial charge on any atom is -0.378 e. The van der Waals surface area contributed by atoms with Crippen molar-refractivity contribution in [1.29, 1.82) is 0 Å². The number of aldehydes is 1. The van der Waals surface area contributed by atoms with Crippen molar-refractivity contribution in [3.05, 3.63) is 81.8 Å². The summed E-state index contributed by atoms with van der Waals surface area (Å²) in [5.41, 5.74) is 5.96. The van der Waals surface area contributed by atoms with Gasteiger partial charge >= 0.3 is 0 Å². The molecule has 1 N–H and O–H groups in total. The van der Waals surface area contributed by atoms with E-state index in [1.807, 2.05) is 24.4 Å². The molecule has 50 heavy (non-hydrogen) atoms. The van der Waals surface area contributed by atoms with E-state index in [9.17, 15) is 14.4 Å². The number of rotatable bonds is 7. The molecule has 7 heterocycles. The summed E-state index contributed by atoms with van der Waals surface area (Å²) in [5.74, 6) is 0.700. The molecule has 2 unspecified atom stereocenters. The fourth-order valence-electron chi connectivity index (χ4n) is 8.31. The van der Waals surface area contributed by atoms with Gasteiger partial charge in [-0.25, -0.2) is 9.97 Å². The summed E-state index contributed by atoms with van der Waals surface area (Å²) < 4.78 is 9.06. The smallest absolute Gasteiger partial charge is 0.276 e. The van der Waals surface area contributed by atoms with E-state index in [1.165, 1.54) is 15.8 Å². The van der Waals surface area contributed by atoms with Crippen LogP contribution in [0.3, 0.4) is 0 Å². The Labute approximate surface area is 291 Å². The topological polar surface area (TPSA) is 118 Å². The largest absolute Gasteiger partial charge is 0.378 e. The third-order valence-electron chi connectivity index (χ3n) is 10.9. The summed E-state index contributed by atoms with van der Waals surface area (Å²) in [5, 5.41) is 3.21. The molecule has 0 radical (unpaired) electrons. The highest BCUT2D eigenvalue weighted by Crippen LogP contribution is 2.40. The predicted molar refractivity (Wildman–Crippen MR) is 193 cm³/mol. The first-order valence-electron chi connectivity index (χ1n) is 17.5. The number of nitrogens with one attached hydrogen (secondary N) is 1. The lowest BCUT2D eigenvalue weighted by Gasteiger charge is -2.50. The average molecular weight is 677 g/mol. The van der Waals surface area contributed by atoms with Crippen molar-refractivity contribution in [2.75, 3.05) is 48.0 Å². The number of piperazine rings is 1. The second kappa shape index (κ2) is 12.2. The molecule has 1 aliphatic carbocycles. The van der Waals surface area contributed by atoms with Gasteiger partial charge in [0.2, 0.25) is 0 Å². The Hall–Kier alpha value is -4.81. The van der Waals surface area contributed by atoms with Crippen LogP contribution < -0.4 is 20.7 Å². The number of hydrogen-bond donors (Lipinski definition) is 1. The number of anilines is 4. The van der Waals surface area contributed by atoms with Gasteiger partial charge in [0.05, 0.1) is 36.7 Å². The molecule has 4 aliphatic rings. The summed E-state index contributed by atoms with van der Waals surface area (Å²) >= 11 is 0. The zero-order valence-corrected chi connectivity index (χ0v) is 29.3. The van der Waals surface area contributed by atoms with Crippen LogP contribution in [0.5, 0.6) is 0 Å². The van der Waals surface area contributed by atoms with Crippen LogP contribution in [-0.2, 0) is 31.2 Å². The Bertz CT molecular complexity index is 2050. The maximum Gasteiger partial charge on any atom is 0.276 e. The second-order valence-corrected chi connectivity index (χ2v) is 15.2. The Balaban J connectivity index is 1.04. The summed E-state index contributed by atoms with van der Waals surface area (Å²) in [6.07, 6.45) is 7.80. The van der Waals surface area contributed by atoms with Crippen LogP contribution in [0, 0.1) is 5.41 Å². The zero-order chi connectivity index (χ0) is 34.9. The van der Waals surface area contributed by atoms with Gasteiger partial charge in [-0.3, -0.25) is 24.2 Å². The van der Waals surface area contributed by atoms with Crippen molar-refractivity contribution < 1.29 is 14.3 Å². The number of carbonyl (C=O) groups excluding carboxylic acids is 2. The fourth-order valence-corrected chi connectivity index (χ4v) is 8.31. The van der Waals surface area contributed by atoms with Crippen molar-refractivity contribution >= 4 is 35.2 Å². The number of fused-ring (bicyclic) bond motifs is 3. The lowest BCUT2D eigenvalue weighted by Crippen LogP contribution is -2.63. The van der Waals surface area contributed by atoms with E-state index in [0.29, 0.717) is 70.9 Å². The molecule has 12 nitrogen and oxygen atoms in total. The van der Waals surface area contributed by atoms with Crippen LogP contribution in [-0.4, -0.2) is 87.2 Å². The number of aromatic nitrogens is 4. The molecule has 4 aromatic rings. The highest BCUT2D eigenvalue weighted by molar-refractivity contribution is 6.08. The van der Waals surface area contributed by atoms with Gasteiger partial charge in [0.25, 0.3) is 11.5 Å². The van der Waals surface area contributed by atoms with Crippen molar-refractivity contribution in [1.82, 2.24) is 24.0 Å². The molecule has 2 fully saturated rings. The SMILES string of the molecule is CC1CN(C2COC2)C(C)CN1c1ccc(Nc2cc(-c3ccnc(N4CCn5c(cc6c5CC(C)(C)C6)C4=O)c3C=O)cn(C)c2=O)nc1. The standard InChI is InChI=1S/C38H44N8O4/c1-23-18-46(28-21-50-22-28)24(2)17-45(23)27-6-7-34(40-16-27)41-31-12-26(19-42(5)36(31)48)29-8-9-39-35(30(29)20-47)44-11-10-43-32(37(44)49)13-25-14-38(3,4)15-33(25)43/h6-9,12-13,16,19-20,23-24,28H,10-11,14-15,17-18,21-22H2,1-5H3,(H,40,41). The van der Waals surface area contributed by atoms with Gasteiger partial charge < -0.3 is 24.1 Å². The quantitative estimate of drug-likeness (QED) is 0.286. The van der Waals surface area contributed by atoms with Crippen molar-refractivity contribution in [2.24, 2.45) is 12.5 Å². The summed E-state index contributed by atoms with van der Waals surface area (Å²) in [6, 6.07) is 10.7. The maximum atomic E-state index is 13.8. The van der Waals surface area contributed by atoms with Gasteiger partial charge in [-0.05, 0) is 73.6 Å². The molecule has 0 aromatic carbocycles. The van der Waals surface area contributed by atoms with E-state index in [2.05, 4.69) is 57.3 Å². The van der Waals surface area contributed by atoms with Gasteiger partial charge in [-0.15, -0.1) is 0 Å². The van der Waals surface area contributed by atoms with Gasteiger partial charge in [-0.1, -0.05) is 13.8 Å². The molecule has 0 bridgehead atoms. The van der Waals surface area contributed by atoms with E-state index < -0.39 is 0 Å². The molecule has 2 saturated heterocycles. The lowest BCUT2D eigenvalue weighted by molar-refractivity contribution is -0.0828. The Morgan fingerprint density at radius 3 is 2.54 bits per heavy atom. The minimum absolute atomic E-state index is 0.160. The van der Waals surface area contributed by atoms with Gasteiger partial charge in [0.15, 0.2) is 6.29 Å². The van der Waals surface area contributed by atoms with Gasteiger partial charge in [0, 0.05) is 69.0 Å². The van der Waals surface area contributed by atoms with Gasteiger partial charge in [0.1, 0.15) is 23.0 Å². The van der Waals surface area contributed by atoms with Crippen LogP contribution in [0.15, 0.2) is 53.7 Å². The van der Waals surface area contributed by atoms with Crippen molar-refractivity contribution in [3.8, 4) is 11.1 Å². The van der Waals surface area contributed by atoms with E-state index in [0.717, 1.165) is 51.1 Å². The summed E-state index contributed by atoms with van der Waals surface area (Å²) in [6.45, 7) is 13.6. The summed E-state index contributed by atoms with van der Waals surface area (Å²) in [7, 11) is 1.68. The summed E-state index contributed by atoms with van der Waals surface area (Å²) in [4.78, 5) is 55.6. The molecule has 1 amide bonds. The molecule has 4 aromatic heterocycles. The van der Waals surface area contributed by atoms with E-state index in [1.54, 1.807) is 36.5 Å². The van der Waals surface area contributed by atoms with Crippen molar-refractivity contribution in [3.63, 3.8) is 0 Å². The minimum atomic E-state index is -0.233. The zero-order valence-electron chi connectivity index (χ0n) is 29.3. The number of carbonyl (C=O) groups is 2. The van der Waals surface area contributed by atoms with Crippen LogP contribution in [0.25, 0.3) is 11.1 Å². The van der Waals surface area contributed by atoms with Crippen LogP contribution in [0.4, 0.5) is 23.0 Å². The highest BCUT2D eigenvalue weighted by atomic mass is 16.5. The third-order valence-corrected chi connectivity index (χ3v) is 10.9. The third kappa shape index (κ3) is 5.50. The lowest BCUT2D eigenvalue weighted by atomic mass is 9.90. The number of amides is 1. The van der Waals surface area contributed by atoms with Gasteiger partial charge in [-0.2, -0.15) is 0 Å². The van der Waals surface area contributed by atoms with Crippen molar-refractivity contribution in [2.45, 2.75) is 65.2 Å². The van der Waals surface area contributed by atoms with Crippen LogP contribution in [0.2, 0.25) is 0 Å². The molecule has 0 saturated carbocycles. The molecule has 2 atom stereocenters. The van der Waals surface area contributed by atoms with E-state index >= 15 is 0 Å². The Morgan fingerprint density at radius 2 is 1.82 bits per heavy atom. The molecule has 8 rings (SSSR count). The van der Waals surface area contributed by atoms with E-state index in [4.69, 9.17) is 4.74 Å². The molecule has 12 heteroatoms. The Morgan fingerprint density at radius 1 is 1.00 bits per heavy atom. The predicted octanol–water partition coefficient (Wildman–Crippen LogP) is 4.28. The highest BCUT2D eigenvalue weighted by Gasteiger charge is 2.38. The monoisotopic (exact) mass is 676 g/mol. The first-order valence-corrected chi connectivity index (χ1v) is 17.5. The molecule has 260 valence electrons. The molecule has 3 aliphatic heterocycles. The number of pyridine rings is 3. The molecular formula is C38H44N8O4. The number of hydrogen-bond acceptors (Lipinski definition) is 9. The molecule has 0 spiro atoms. The molecular weight excluding hydrogens is 632 g/mol. The average Bonchev–Trinajstić information content (AvgIpc) is 3.56. The number of ether oxygens (including phenoxy) is 1. The first-order chi connectivity index (χ1) is 24.0.